The number of nitrogens with zero attached hydrogens (tertiary/aromatic N) is 1. The van der Waals surface area contributed by atoms with Crippen LogP contribution >= 0.6 is 22.3 Å². The predicted octanol–water partition coefficient (Wildman–Crippen LogP) is 6.59. The minimum atomic E-state index is 0. The Morgan fingerprint density at radius 2 is 1.11 bits per heavy atom. The molecule has 8 radical (unpaired) electrons. The van der Waals surface area contributed by atoms with Gasteiger partial charge in [0, 0.05) is 66.5 Å². The Morgan fingerprint density at radius 1 is 0.704 bits per heavy atom. The van der Waals surface area contributed by atoms with Gasteiger partial charge < -0.3 is 4.57 Å². The summed E-state index contributed by atoms with van der Waals surface area (Å²) in [5.41, 5.74) is 0. The molecule has 3 rings (SSSR count). The van der Waals surface area contributed by atoms with Gasteiger partial charge in [0.05, 0.1) is 20.5 Å². The zero-order valence-corrected chi connectivity index (χ0v) is 19.7. The molecule has 0 bridgehead atoms. The van der Waals surface area contributed by atoms with Crippen molar-refractivity contribution in [3.05, 3.63) is 10.7 Å². The molecule has 27 heavy (non-hydrogen) atoms. The molecule has 0 saturated carbocycles. The fourth-order valence-electron chi connectivity index (χ4n) is 2.67. The predicted molar refractivity (Wildman–Crippen MR) is 137 cm³/mol. The molecule has 156 valence electrons. The summed E-state index contributed by atoms with van der Waals surface area (Å²) in [6, 6.07) is 0. The summed E-state index contributed by atoms with van der Waals surface area (Å²) in [5.74, 6) is 0. The van der Waals surface area contributed by atoms with Gasteiger partial charge in [-0.25, -0.2) is 0 Å². The van der Waals surface area contributed by atoms with Crippen LogP contribution in [0.3, 0.4) is 0 Å². The number of aromatic nitrogens is 1. The average molecular weight is 623 g/mol. The minimum Gasteiger partial charge on any atom is -0.338 e. The fraction of sp³-hybridized carbons (Fsp3) is 0.636. The molecule has 5 heteroatoms. The van der Waals surface area contributed by atoms with E-state index in [1.165, 1.54) is 59.0 Å². The third-order valence-corrected chi connectivity index (χ3v) is 5.54. The van der Waals surface area contributed by atoms with E-state index in [1.54, 1.807) is 22.3 Å². The van der Waals surface area contributed by atoms with Gasteiger partial charge in [-0.2, -0.15) is 0 Å². The van der Waals surface area contributed by atoms with Crippen molar-refractivity contribution in [2.24, 2.45) is 0 Å². The van der Waals surface area contributed by atoms with Crippen molar-refractivity contribution in [3.8, 4) is 10.4 Å². The number of unbranched alkanes of at least 4 members (excludes halogenated alkanes) is 5. The average Bonchev–Trinajstić information content (AvgIpc) is 3.09. The van der Waals surface area contributed by atoms with Crippen LogP contribution in [-0.2, 0) is 6.54 Å². The van der Waals surface area contributed by atoms with E-state index in [1.807, 2.05) is 0 Å². The molecule has 0 fully saturated rings. The first kappa shape index (κ1) is 41.9. The second-order valence-corrected chi connectivity index (χ2v) is 6.77. The van der Waals surface area contributed by atoms with Crippen molar-refractivity contribution < 1.29 is 0 Å². The molecular formula is C22H43NS2Sn2. The first-order valence-electron chi connectivity index (χ1n) is 7.19. The second kappa shape index (κ2) is 21.3. The Morgan fingerprint density at radius 3 is 1.56 bits per heavy atom. The van der Waals surface area contributed by atoms with Crippen LogP contribution in [0.15, 0.2) is 9.79 Å². The topological polar surface area (TPSA) is 4.93 Å². The molecule has 0 unspecified atom stereocenters. The Labute approximate surface area is 212 Å². The summed E-state index contributed by atoms with van der Waals surface area (Å²) in [7, 11) is 0. The Kier molecular flexibility index (Phi) is 33.1. The number of hydrogen-bond acceptors (Lipinski definition) is 0. The van der Waals surface area contributed by atoms with Crippen molar-refractivity contribution >= 4 is 82.3 Å². The molecule has 2 aliphatic heterocycles. The van der Waals surface area contributed by atoms with Crippen molar-refractivity contribution in [2.75, 3.05) is 0 Å². The fourth-order valence-corrected chi connectivity index (χ4v) is 4.44. The molecular weight excluding hydrogens is 580 g/mol. The van der Waals surface area contributed by atoms with Crippen molar-refractivity contribution in [2.45, 2.75) is 106 Å². The summed E-state index contributed by atoms with van der Waals surface area (Å²) in [6.07, 6.45) is 12.4. The van der Waals surface area contributed by atoms with Crippen LogP contribution < -0.4 is 10.7 Å². The van der Waals surface area contributed by atoms with Crippen LogP contribution in [0.1, 0.15) is 90.0 Å². The van der Waals surface area contributed by atoms with Gasteiger partial charge in [0.1, 0.15) is 0 Å². The van der Waals surface area contributed by atoms with E-state index in [0.29, 0.717) is 0 Å². The van der Waals surface area contributed by atoms with E-state index in [9.17, 15) is 0 Å². The molecule has 1 nitrogen and oxygen atoms in total. The molecule has 2 aliphatic rings. The molecule has 0 atom stereocenters. The number of fused-ring (bicyclic) bond motifs is 3. The first-order chi connectivity index (χ1) is 9.42. The molecule has 3 heterocycles. The van der Waals surface area contributed by atoms with Crippen LogP contribution in [0.25, 0.3) is 12.2 Å². The maximum atomic E-state index is 3.27. The van der Waals surface area contributed by atoms with Crippen LogP contribution in [0.5, 0.6) is 0 Å². The Hall–Kier alpha value is 0.617. The van der Waals surface area contributed by atoms with Gasteiger partial charge in [0.2, 0.25) is 0 Å². The van der Waals surface area contributed by atoms with Gasteiger partial charge >= 0.3 is 0 Å². The second-order valence-electron chi connectivity index (χ2n) is 5.08. The minimum absolute atomic E-state index is 0. The van der Waals surface area contributed by atoms with Crippen molar-refractivity contribution in [3.63, 3.8) is 0 Å². The normalized spacial score (nSPS) is 9.52. The molecule has 0 amide bonds. The molecule has 0 N–H and O–H groups in total. The van der Waals surface area contributed by atoms with Crippen LogP contribution in [0, 0.1) is 10.4 Å². The first-order valence-corrected chi connectivity index (χ1v) is 8.82. The Balaban J connectivity index is -0.000000138. The van der Waals surface area contributed by atoms with Crippen molar-refractivity contribution in [1.29, 1.82) is 0 Å². The smallest absolute Gasteiger partial charge is 0.0798 e. The SMILES string of the molecule is C.C.C.C.C.C.CCCCCCCCn1c2c(c3c1=CC#S3)S#CC=2.[Sn].[Sn]. The van der Waals surface area contributed by atoms with Crippen LogP contribution in [0.2, 0.25) is 0 Å². The van der Waals surface area contributed by atoms with E-state index in [-0.39, 0.29) is 92.4 Å². The summed E-state index contributed by atoms with van der Waals surface area (Å²) >= 11 is 3.47. The zero-order valence-electron chi connectivity index (χ0n) is 12.4. The van der Waals surface area contributed by atoms with E-state index in [2.05, 4.69) is 34.0 Å². The maximum absolute atomic E-state index is 3.27. The van der Waals surface area contributed by atoms with Gasteiger partial charge in [-0.15, -0.1) is 0 Å². The van der Waals surface area contributed by atoms with E-state index in [4.69, 9.17) is 0 Å². The number of rotatable bonds is 7. The van der Waals surface area contributed by atoms with Gasteiger partial charge in [-0.3, -0.25) is 0 Å². The quantitative estimate of drug-likeness (QED) is 0.239. The van der Waals surface area contributed by atoms with Crippen molar-refractivity contribution in [1.82, 2.24) is 4.57 Å². The molecule has 0 aliphatic carbocycles. The summed E-state index contributed by atoms with van der Waals surface area (Å²) < 4.78 is 2.46. The maximum Gasteiger partial charge on any atom is 0.0798 e. The monoisotopic (exact) mass is 625 g/mol. The number of hydrogen-bond donors (Lipinski definition) is 0. The van der Waals surface area contributed by atoms with Gasteiger partial charge in [0.25, 0.3) is 0 Å². The van der Waals surface area contributed by atoms with E-state index < -0.39 is 0 Å². The van der Waals surface area contributed by atoms with E-state index >= 15 is 0 Å². The molecule has 0 spiro atoms. The molecule has 1 aromatic heterocycles. The standard InChI is InChI=1S/C16H19NS2.6CH4.2Sn/c1-2-3-4-5-6-7-10-17-13-8-11-18-15(13)16-14(17)9-12-19-16;;;;;;;;/h8-9H,2-7,10H2,1H3;6*1H4;;. The Bertz CT molecular complexity index is 688. The summed E-state index contributed by atoms with van der Waals surface area (Å²) in [4.78, 5) is 2.79. The molecule has 1 aromatic rings. The third-order valence-electron chi connectivity index (χ3n) is 3.70. The largest absolute Gasteiger partial charge is 0.338 e. The van der Waals surface area contributed by atoms with Crippen LogP contribution in [-0.4, -0.2) is 52.4 Å². The van der Waals surface area contributed by atoms with Gasteiger partial charge in [0.15, 0.2) is 0 Å². The van der Waals surface area contributed by atoms with Gasteiger partial charge in [-0.05, 0) is 6.42 Å². The molecule has 0 saturated heterocycles. The molecule has 0 aromatic carbocycles. The summed E-state index contributed by atoms with van der Waals surface area (Å²) in [6.45, 7) is 3.41. The summed E-state index contributed by atoms with van der Waals surface area (Å²) in [5, 5.41) is 9.28. The zero-order chi connectivity index (χ0) is 13.1. The van der Waals surface area contributed by atoms with Crippen LogP contribution in [0.4, 0.5) is 0 Å². The third kappa shape index (κ3) is 9.78. The van der Waals surface area contributed by atoms with Gasteiger partial charge in [-0.1, -0.05) is 116 Å². The van der Waals surface area contributed by atoms with E-state index in [0.717, 1.165) is 6.54 Å².